The Morgan fingerprint density at radius 1 is 0.923 bits per heavy atom. The number of benzene rings is 2. The molecule has 0 radical (unpaired) electrons. The maximum atomic E-state index is 13.2. The lowest BCUT2D eigenvalue weighted by atomic mass is 10.0. The van der Waals surface area contributed by atoms with Gasteiger partial charge >= 0.3 is 18.3 Å². The average Bonchev–Trinajstić information content (AvgIpc) is 2.57. The highest BCUT2D eigenvalue weighted by atomic mass is 19.4. The molecule has 26 heavy (non-hydrogen) atoms. The zero-order chi connectivity index (χ0) is 19.5. The number of carbonyl (C=O) groups excluding carboxylic acids is 1. The first-order valence-corrected chi connectivity index (χ1v) is 7.11. The maximum Gasteiger partial charge on any atom is 0.419 e. The Balaban J connectivity index is 2.55. The minimum Gasteiger partial charge on any atom is -0.488 e. The molecular formula is C17H12F6O3. The van der Waals surface area contributed by atoms with Crippen molar-refractivity contribution in [1.29, 1.82) is 0 Å². The van der Waals surface area contributed by atoms with E-state index in [1.807, 2.05) is 0 Å². The van der Waals surface area contributed by atoms with Crippen LogP contribution in [0.25, 0.3) is 0 Å². The van der Waals surface area contributed by atoms with Crippen LogP contribution in [0.3, 0.4) is 0 Å². The van der Waals surface area contributed by atoms with Gasteiger partial charge in [-0.05, 0) is 17.7 Å². The molecule has 0 bridgehead atoms. The van der Waals surface area contributed by atoms with E-state index in [1.54, 1.807) is 30.3 Å². The van der Waals surface area contributed by atoms with Crippen molar-refractivity contribution < 1.29 is 40.6 Å². The number of esters is 1. The third-order valence-electron chi connectivity index (χ3n) is 3.37. The van der Waals surface area contributed by atoms with Gasteiger partial charge in [-0.2, -0.15) is 26.3 Å². The van der Waals surface area contributed by atoms with E-state index >= 15 is 0 Å². The Hall–Kier alpha value is -2.71. The molecule has 0 aliphatic heterocycles. The molecule has 0 spiro atoms. The first-order valence-electron chi connectivity index (χ1n) is 7.11. The molecule has 2 rings (SSSR count). The highest BCUT2D eigenvalue weighted by Gasteiger charge is 2.41. The number of hydrogen-bond acceptors (Lipinski definition) is 3. The molecule has 9 heteroatoms. The molecule has 0 aromatic heterocycles. The van der Waals surface area contributed by atoms with Gasteiger partial charge in [0, 0.05) is 0 Å². The van der Waals surface area contributed by atoms with Crippen LogP contribution in [0.1, 0.15) is 27.0 Å². The van der Waals surface area contributed by atoms with Crippen LogP contribution in [0.2, 0.25) is 0 Å². The summed E-state index contributed by atoms with van der Waals surface area (Å²) in [5, 5.41) is 0. The monoisotopic (exact) mass is 378 g/mol. The van der Waals surface area contributed by atoms with Gasteiger partial charge in [-0.15, -0.1) is 0 Å². The van der Waals surface area contributed by atoms with Crippen molar-refractivity contribution in [1.82, 2.24) is 0 Å². The number of rotatable bonds is 4. The van der Waals surface area contributed by atoms with Crippen LogP contribution >= 0.6 is 0 Å². The van der Waals surface area contributed by atoms with Gasteiger partial charge in [-0.25, -0.2) is 4.79 Å². The lowest BCUT2D eigenvalue weighted by molar-refractivity contribution is -0.142. The number of carbonyl (C=O) groups is 1. The number of ether oxygens (including phenoxy) is 2. The molecule has 0 fully saturated rings. The van der Waals surface area contributed by atoms with E-state index in [0.29, 0.717) is 5.56 Å². The van der Waals surface area contributed by atoms with Gasteiger partial charge in [0.1, 0.15) is 12.4 Å². The summed E-state index contributed by atoms with van der Waals surface area (Å²) in [5.41, 5.74) is -3.84. The Labute approximate surface area is 144 Å². The normalized spacial score (nSPS) is 12.0. The molecule has 0 unspecified atom stereocenters. The number of hydrogen-bond donors (Lipinski definition) is 0. The van der Waals surface area contributed by atoms with Gasteiger partial charge in [-0.3, -0.25) is 0 Å². The van der Waals surface area contributed by atoms with Gasteiger partial charge in [0.2, 0.25) is 0 Å². The summed E-state index contributed by atoms with van der Waals surface area (Å²) in [4.78, 5) is 11.5. The van der Waals surface area contributed by atoms with E-state index in [9.17, 15) is 31.1 Å². The smallest absolute Gasteiger partial charge is 0.419 e. The SMILES string of the molecule is COC(=O)c1cc(C(F)(F)F)c(OCc2ccccc2)cc1C(F)(F)F. The van der Waals surface area contributed by atoms with Crippen LogP contribution in [-0.4, -0.2) is 13.1 Å². The second-order valence-electron chi connectivity index (χ2n) is 5.16. The van der Waals surface area contributed by atoms with E-state index in [4.69, 9.17) is 4.74 Å². The summed E-state index contributed by atoms with van der Waals surface area (Å²) in [6.07, 6.45) is -10.1. The molecule has 0 aliphatic rings. The average molecular weight is 378 g/mol. The summed E-state index contributed by atoms with van der Waals surface area (Å²) in [7, 11) is 0.773. The van der Waals surface area contributed by atoms with Crippen LogP contribution in [0, 0.1) is 0 Å². The fraction of sp³-hybridized carbons (Fsp3) is 0.235. The lowest BCUT2D eigenvalue weighted by Crippen LogP contribution is -2.18. The van der Waals surface area contributed by atoms with Crippen LogP contribution in [-0.2, 0) is 23.7 Å². The van der Waals surface area contributed by atoms with Crippen molar-refractivity contribution in [2.75, 3.05) is 7.11 Å². The third-order valence-corrected chi connectivity index (χ3v) is 3.37. The molecule has 2 aromatic carbocycles. The van der Waals surface area contributed by atoms with Crippen molar-refractivity contribution in [2.24, 2.45) is 0 Å². The van der Waals surface area contributed by atoms with Crippen LogP contribution < -0.4 is 4.74 Å². The van der Waals surface area contributed by atoms with Crippen LogP contribution in [0.15, 0.2) is 42.5 Å². The summed E-state index contributed by atoms with van der Waals surface area (Å²) >= 11 is 0. The molecule has 0 heterocycles. The minimum atomic E-state index is -5.07. The Bertz CT molecular complexity index is 782. The molecule has 0 saturated heterocycles. The first kappa shape index (κ1) is 19.6. The van der Waals surface area contributed by atoms with Crippen molar-refractivity contribution >= 4 is 5.97 Å². The molecule has 0 N–H and O–H groups in total. The van der Waals surface area contributed by atoms with Gasteiger partial charge in [0.15, 0.2) is 0 Å². The largest absolute Gasteiger partial charge is 0.488 e. The van der Waals surface area contributed by atoms with Crippen molar-refractivity contribution in [3.63, 3.8) is 0 Å². The molecule has 2 aromatic rings. The zero-order valence-electron chi connectivity index (χ0n) is 13.2. The van der Waals surface area contributed by atoms with Gasteiger partial charge in [-0.1, -0.05) is 30.3 Å². The number of halogens is 6. The molecular weight excluding hydrogens is 366 g/mol. The Morgan fingerprint density at radius 2 is 1.50 bits per heavy atom. The van der Waals surface area contributed by atoms with Crippen molar-refractivity contribution in [3.8, 4) is 5.75 Å². The lowest BCUT2D eigenvalue weighted by Gasteiger charge is -2.19. The summed E-state index contributed by atoms with van der Waals surface area (Å²) < 4.78 is 88.4. The second-order valence-corrected chi connectivity index (χ2v) is 5.16. The highest BCUT2D eigenvalue weighted by molar-refractivity contribution is 5.92. The van der Waals surface area contributed by atoms with Gasteiger partial charge in [0.05, 0.1) is 23.8 Å². The van der Waals surface area contributed by atoms with Gasteiger partial charge in [0.25, 0.3) is 0 Å². The fourth-order valence-corrected chi connectivity index (χ4v) is 2.17. The fourth-order valence-electron chi connectivity index (χ4n) is 2.17. The highest BCUT2D eigenvalue weighted by Crippen LogP contribution is 2.42. The second kappa shape index (κ2) is 7.27. The standard InChI is InChI=1S/C17H12F6O3/c1-25-15(24)11-7-13(17(21,22)23)14(8-12(11)16(18,19)20)26-9-10-5-3-2-4-6-10/h2-8H,9H2,1H3. The van der Waals surface area contributed by atoms with Crippen molar-refractivity contribution in [2.45, 2.75) is 19.0 Å². The predicted molar refractivity (Wildman–Crippen MR) is 78.6 cm³/mol. The number of methoxy groups -OCH3 is 1. The molecule has 0 amide bonds. The zero-order valence-corrected chi connectivity index (χ0v) is 13.2. The van der Waals surface area contributed by atoms with Crippen LogP contribution in [0.5, 0.6) is 5.75 Å². The Kier molecular flexibility index (Phi) is 5.48. The molecule has 0 saturated carbocycles. The summed E-state index contributed by atoms with van der Waals surface area (Å²) in [6.45, 7) is -0.376. The Morgan fingerprint density at radius 3 is 2.00 bits per heavy atom. The van der Waals surface area contributed by atoms with Gasteiger partial charge < -0.3 is 9.47 Å². The third kappa shape index (κ3) is 4.47. The first-order chi connectivity index (χ1) is 12.0. The number of alkyl halides is 6. The van der Waals surface area contributed by atoms with E-state index in [0.717, 1.165) is 7.11 Å². The van der Waals surface area contributed by atoms with E-state index in [1.165, 1.54) is 0 Å². The molecule has 0 atom stereocenters. The molecule has 0 aliphatic carbocycles. The minimum absolute atomic E-state index is 0.0922. The van der Waals surface area contributed by atoms with E-state index in [2.05, 4.69) is 4.74 Å². The summed E-state index contributed by atoms with van der Waals surface area (Å²) in [5.74, 6) is -2.56. The van der Waals surface area contributed by atoms with E-state index in [-0.39, 0.29) is 18.7 Å². The van der Waals surface area contributed by atoms with E-state index < -0.39 is 40.8 Å². The van der Waals surface area contributed by atoms with Crippen LogP contribution in [0.4, 0.5) is 26.3 Å². The quantitative estimate of drug-likeness (QED) is 0.549. The molecule has 140 valence electrons. The topological polar surface area (TPSA) is 35.5 Å². The maximum absolute atomic E-state index is 13.2. The summed E-state index contributed by atoms with van der Waals surface area (Å²) in [6, 6.07) is 8.21. The predicted octanol–water partition coefficient (Wildman–Crippen LogP) is 5.09. The molecule has 3 nitrogen and oxygen atoms in total. The van der Waals surface area contributed by atoms with Crippen molar-refractivity contribution in [3.05, 3.63) is 64.7 Å².